The quantitative estimate of drug-likeness (QED) is 0.351. The first-order valence-electron chi connectivity index (χ1n) is 12.2. The molecule has 4 rings (SSSR count). The van der Waals surface area contributed by atoms with Crippen molar-refractivity contribution in [1.82, 2.24) is 14.3 Å². The van der Waals surface area contributed by atoms with E-state index < -0.39 is 39.6 Å². The zero-order valence-corrected chi connectivity index (χ0v) is 24.0. The number of rotatable bonds is 6. The zero-order valence-electron chi connectivity index (χ0n) is 20.8. The Labute approximate surface area is 240 Å². The van der Waals surface area contributed by atoms with Gasteiger partial charge in [-0.05, 0) is 31.3 Å². The molecular formula is C23H25BrF6N4O4S2. The normalized spacial score (nSPS) is 22.8. The highest BCUT2D eigenvalue weighted by atomic mass is 79.9. The first-order chi connectivity index (χ1) is 18.6. The molecule has 2 aliphatic heterocycles. The third-order valence-corrected chi connectivity index (χ3v) is 10.2. The molecule has 2 saturated heterocycles. The predicted octanol–water partition coefficient (Wildman–Crippen LogP) is 4.36. The molecule has 0 spiro atoms. The Morgan fingerprint density at radius 1 is 1.07 bits per heavy atom. The largest absolute Gasteiger partial charge is 0.430 e. The molecule has 1 aliphatic carbocycles. The molecule has 1 N–H and O–H groups in total. The molecule has 40 heavy (non-hydrogen) atoms. The van der Waals surface area contributed by atoms with E-state index in [1.807, 2.05) is 0 Å². The third kappa shape index (κ3) is 6.09. The number of sulfonamides is 1. The molecule has 0 unspecified atom stereocenters. The fraction of sp³-hybridized carbons (Fsp3) is 0.609. The number of halogens is 7. The summed E-state index contributed by atoms with van der Waals surface area (Å²) in [5.74, 6) is -0.0431. The molecule has 1 aromatic heterocycles. The monoisotopic (exact) mass is 678 g/mol. The number of hydrogen-bond donors (Lipinski definition) is 1. The maximum Gasteiger partial charge on any atom is 0.430 e. The first kappa shape index (κ1) is 31.3. The van der Waals surface area contributed by atoms with E-state index >= 15 is 0 Å². The van der Waals surface area contributed by atoms with Crippen molar-refractivity contribution in [2.24, 2.45) is 5.92 Å². The molecule has 0 amide bonds. The van der Waals surface area contributed by atoms with Gasteiger partial charge in [0, 0.05) is 72.6 Å². The summed E-state index contributed by atoms with van der Waals surface area (Å²) in [6, 6.07) is -0.543. The van der Waals surface area contributed by atoms with E-state index in [4.69, 9.17) is 17.0 Å². The minimum Gasteiger partial charge on any atom is -0.381 e. The highest BCUT2D eigenvalue weighted by molar-refractivity contribution is 9.11. The number of nitrogens with zero attached hydrogens (tertiary/aromatic N) is 4. The molecule has 3 heterocycles. The van der Waals surface area contributed by atoms with E-state index in [1.165, 1.54) is 10.4 Å². The highest BCUT2D eigenvalue weighted by Crippen LogP contribution is 2.49. The van der Waals surface area contributed by atoms with Gasteiger partial charge in [-0.25, -0.2) is 18.4 Å². The molecule has 0 radical (unpaired) electrons. The molecule has 2 fully saturated rings. The van der Waals surface area contributed by atoms with Gasteiger partial charge in [0.15, 0.2) is 0 Å². The van der Waals surface area contributed by atoms with Crippen molar-refractivity contribution in [3.05, 3.63) is 39.5 Å². The lowest BCUT2D eigenvalue weighted by Crippen LogP contribution is -2.56. The van der Waals surface area contributed by atoms with Crippen LogP contribution in [0.25, 0.3) is 0 Å². The summed E-state index contributed by atoms with van der Waals surface area (Å²) in [4.78, 5) is 9.34. The van der Waals surface area contributed by atoms with Crippen molar-refractivity contribution in [2.45, 2.75) is 49.7 Å². The second-order valence-corrected chi connectivity index (χ2v) is 13.0. The number of aliphatic hydroxyl groups is 1. The Kier molecular flexibility index (Phi) is 9.03. The van der Waals surface area contributed by atoms with Crippen molar-refractivity contribution in [1.29, 1.82) is 0 Å². The first-order valence-corrected chi connectivity index (χ1v) is 14.8. The minimum atomic E-state index is -6.07. The Hall–Kier alpha value is -1.66. The second-order valence-electron chi connectivity index (χ2n) is 9.70. The van der Waals surface area contributed by atoms with Crippen LogP contribution >= 0.6 is 28.1 Å². The van der Waals surface area contributed by atoms with Gasteiger partial charge >= 0.3 is 12.4 Å². The van der Waals surface area contributed by atoms with E-state index in [1.54, 1.807) is 11.0 Å². The Morgan fingerprint density at radius 3 is 2.25 bits per heavy atom. The summed E-state index contributed by atoms with van der Waals surface area (Å²) < 4.78 is 114. The molecule has 17 heteroatoms. The van der Waals surface area contributed by atoms with Crippen molar-refractivity contribution in [2.75, 3.05) is 37.7 Å². The Morgan fingerprint density at radius 2 is 1.68 bits per heavy atom. The van der Waals surface area contributed by atoms with E-state index in [0.29, 0.717) is 49.4 Å². The Bertz CT molecular complexity index is 1270. The number of thiocarbonyl (C=S) groups is 1. The van der Waals surface area contributed by atoms with Gasteiger partial charge in [-0.1, -0.05) is 34.2 Å². The number of piperazine rings is 1. The second kappa shape index (κ2) is 11.6. The molecule has 3 aliphatic rings. The number of ether oxygens (including phenoxy) is 1. The fourth-order valence-electron chi connectivity index (χ4n) is 4.93. The molecule has 222 valence electrons. The number of anilines is 1. The summed E-state index contributed by atoms with van der Waals surface area (Å²) in [7, 11) is -4.00. The van der Waals surface area contributed by atoms with Gasteiger partial charge in [0.1, 0.15) is 0 Å². The molecule has 1 aromatic rings. The SMILES string of the molecule is O=S(=O)(C1=CC(Br)=CCC1=S)N1CCN(c2ncc(C(O)(C(F)(F)F)C(F)(F)F)cn2)[C@@H](CC2CCOCC2)C1. The molecular weight excluding hydrogens is 654 g/mol. The van der Waals surface area contributed by atoms with E-state index in [0.717, 1.165) is 0 Å². The van der Waals surface area contributed by atoms with Gasteiger partial charge in [-0.15, -0.1) is 0 Å². The average molecular weight is 680 g/mol. The van der Waals surface area contributed by atoms with Crippen LogP contribution < -0.4 is 4.90 Å². The highest BCUT2D eigenvalue weighted by Gasteiger charge is 2.71. The van der Waals surface area contributed by atoms with Crippen LogP contribution in [0.15, 0.2) is 33.9 Å². The number of aromatic nitrogens is 2. The van der Waals surface area contributed by atoms with Gasteiger partial charge in [-0.3, -0.25) is 0 Å². The molecule has 0 saturated carbocycles. The molecule has 8 nitrogen and oxygen atoms in total. The van der Waals surface area contributed by atoms with Crippen LogP contribution in [0.1, 0.15) is 31.2 Å². The summed E-state index contributed by atoms with van der Waals surface area (Å²) in [6.07, 6.45) is -6.22. The van der Waals surface area contributed by atoms with Crippen molar-refractivity contribution >= 4 is 49.0 Å². The van der Waals surface area contributed by atoms with Gasteiger partial charge in [0.05, 0.1) is 4.91 Å². The molecule has 0 aromatic carbocycles. The number of allylic oxidation sites excluding steroid dienone is 4. The van der Waals surface area contributed by atoms with E-state index in [-0.39, 0.29) is 47.7 Å². The summed E-state index contributed by atoms with van der Waals surface area (Å²) in [6.45, 7) is 0.973. The lowest BCUT2D eigenvalue weighted by Gasteiger charge is -2.43. The van der Waals surface area contributed by atoms with Crippen LogP contribution in [0, 0.1) is 5.92 Å². The lowest BCUT2D eigenvalue weighted by molar-refractivity contribution is -0.376. The van der Waals surface area contributed by atoms with Gasteiger partial charge < -0.3 is 14.7 Å². The fourth-order valence-corrected chi connectivity index (χ4v) is 7.55. The predicted molar refractivity (Wildman–Crippen MR) is 140 cm³/mol. The summed E-state index contributed by atoms with van der Waals surface area (Å²) >= 11 is 8.57. The van der Waals surface area contributed by atoms with Gasteiger partial charge in [0.2, 0.25) is 16.0 Å². The van der Waals surface area contributed by atoms with Gasteiger partial charge in [0.25, 0.3) is 5.60 Å². The van der Waals surface area contributed by atoms with E-state index in [9.17, 15) is 39.9 Å². The van der Waals surface area contributed by atoms with Crippen molar-refractivity contribution < 1.29 is 44.6 Å². The molecule has 1 atom stereocenters. The van der Waals surface area contributed by atoms with Crippen LogP contribution in [0.2, 0.25) is 0 Å². The zero-order chi connectivity index (χ0) is 29.5. The average Bonchev–Trinajstić information content (AvgIpc) is 2.89. The van der Waals surface area contributed by atoms with E-state index in [2.05, 4.69) is 25.9 Å². The smallest absolute Gasteiger partial charge is 0.381 e. The van der Waals surface area contributed by atoms with Crippen LogP contribution in [0.5, 0.6) is 0 Å². The lowest BCUT2D eigenvalue weighted by atomic mass is 9.91. The van der Waals surface area contributed by atoms with Crippen molar-refractivity contribution in [3.8, 4) is 0 Å². The third-order valence-electron chi connectivity index (χ3n) is 7.17. The van der Waals surface area contributed by atoms with Gasteiger partial charge in [-0.2, -0.15) is 30.6 Å². The number of alkyl halides is 6. The molecule has 0 bridgehead atoms. The van der Waals surface area contributed by atoms with Crippen molar-refractivity contribution in [3.63, 3.8) is 0 Å². The van der Waals surface area contributed by atoms with Crippen LogP contribution in [0.4, 0.5) is 32.3 Å². The Balaban J connectivity index is 1.64. The summed E-state index contributed by atoms with van der Waals surface area (Å²) in [5, 5.41) is 9.66. The van der Waals surface area contributed by atoms with Crippen LogP contribution in [0.3, 0.4) is 0 Å². The minimum absolute atomic E-state index is 0.00525. The maximum absolute atomic E-state index is 13.5. The standard InChI is InChI=1S/C23H25BrF6N4O4S2/c24-16-1-2-18(39)19(10-16)40(36,37)33-5-6-34(17(13-33)9-14-3-7-38-8-4-14)20-31-11-15(12-32-20)21(35,22(25,26)27)23(28,29)30/h1,10-12,14,17,35H,2-9,13H2/t17-/m0/s1. The van der Waals surface area contributed by atoms with Crippen LogP contribution in [-0.2, 0) is 20.4 Å². The number of hydrogen-bond acceptors (Lipinski definition) is 8. The van der Waals surface area contributed by atoms with Crippen LogP contribution in [-0.4, -0.2) is 83.9 Å². The maximum atomic E-state index is 13.5. The summed E-state index contributed by atoms with van der Waals surface area (Å²) in [5.41, 5.74) is -6.73. The topological polar surface area (TPSA) is 95.9 Å².